The lowest BCUT2D eigenvalue weighted by molar-refractivity contribution is 0.186. The summed E-state index contributed by atoms with van der Waals surface area (Å²) in [6.07, 6.45) is 2.58. The van der Waals surface area contributed by atoms with Crippen molar-refractivity contribution in [2.45, 2.75) is 46.2 Å². The first kappa shape index (κ1) is 14.7. The van der Waals surface area contributed by atoms with E-state index in [2.05, 4.69) is 42.0 Å². The molecule has 98 valence electrons. The highest BCUT2D eigenvalue weighted by molar-refractivity contribution is 9.10. The van der Waals surface area contributed by atoms with Crippen LogP contribution in [0.3, 0.4) is 0 Å². The second-order valence-corrected chi connectivity index (χ2v) is 6.52. The van der Waals surface area contributed by atoms with Crippen LogP contribution in [0.1, 0.15) is 45.9 Å². The van der Waals surface area contributed by atoms with Gasteiger partial charge in [0.25, 0.3) is 0 Å². The molecular weight excluding hydrogens is 282 g/mol. The number of aliphatic hydroxyl groups is 1. The van der Waals surface area contributed by atoms with E-state index in [1.807, 2.05) is 13.0 Å². The molecule has 0 saturated heterocycles. The van der Waals surface area contributed by atoms with Gasteiger partial charge in [-0.3, -0.25) is 0 Å². The zero-order valence-corrected chi connectivity index (χ0v) is 12.5. The van der Waals surface area contributed by atoms with Crippen LogP contribution in [-0.2, 0) is 0 Å². The molecule has 0 spiro atoms. The third-order valence-electron chi connectivity index (χ3n) is 2.60. The second-order valence-electron chi connectivity index (χ2n) is 5.67. The highest BCUT2D eigenvalue weighted by atomic mass is 79.9. The van der Waals surface area contributed by atoms with Crippen LogP contribution in [0.15, 0.2) is 21.2 Å². The largest absolute Gasteiger partial charge is 0.466 e. The molecular formula is C13H22BrNO2. The van der Waals surface area contributed by atoms with Gasteiger partial charge in [0.15, 0.2) is 0 Å². The molecule has 0 saturated carbocycles. The molecule has 2 atom stereocenters. The lowest BCUT2D eigenvalue weighted by Crippen LogP contribution is -2.37. The number of rotatable bonds is 5. The van der Waals surface area contributed by atoms with Gasteiger partial charge < -0.3 is 14.8 Å². The van der Waals surface area contributed by atoms with Crippen molar-refractivity contribution in [2.75, 3.05) is 6.61 Å². The fraction of sp³-hybridized carbons (Fsp3) is 0.692. The third kappa shape index (κ3) is 4.82. The van der Waals surface area contributed by atoms with Crippen molar-refractivity contribution < 1.29 is 9.52 Å². The Morgan fingerprint density at radius 1 is 1.47 bits per heavy atom. The van der Waals surface area contributed by atoms with Crippen molar-refractivity contribution in [3.8, 4) is 0 Å². The van der Waals surface area contributed by atoms with Gasteiger partial charge in [-0.25, -0.2) is 0 Å². The highest BCUT2D eigenvalue weighted by Gasteiger charge is 2.21. The fourth-order valence-electron chi connectivity index (χ4n) is 1.96. The number of nitrogens with one attached hydrogen (secondary N) is 1. The van der Waals surface area contributed by atoms with Gasteiger partial charge in [-0.05, 0) is 40.8 Å². The minimum atomic E-state index is 0.0823. The van der Waals surface area contributed by atoms with E-state index in [1.54, 1.807) is 6.26 Å². The Morgan fingerprint density at radius 2 is 2.12 bits per heavy atom. The zero-order valence-electron chi connectivity index (χ0n) is 11.0. The van der Waals surface area contributed by atoms with Gasteiger partial charge in [0.1, 0.15) is 5.76 Å². The average Bonchev–Trinajstić information content (AvgIpc) is 2.61. The summed E-state index contributed by atoms with van der Waals surface area (Å²) in [6.45, 7) is 8.69. The standard InChI is InChI=1S/C13H22BrNO2/c1-9(12-11(14)5-6-17-12)15-10(8-16)7-13(2,3)4/h5-6,9-10,15-16H,7-8H2,1-4H3. The maximum absolute atomic E-state index is 9.40. The summed E-state index contributed by atoms with van der Waals surface area (Å²) in [7, 11) is 0. The summed E-state index contributed by atoms with van der Waals surface area (Å²) in [5, 5.41) is 12.8. The average molecular weight is 304 g/mol. The molecule has 1 aromatic heterocycles. The maximum atomic E-state index is 9.40. The Morgan fingerprint density at radius 3 is 2.53 bits per heavy atom. The molecule has 0 aliphatic heterocycles. The monoisotopic (exact) mass is 303 g/mol. The van der Waals surface area contributed by atoms with Crippen molar-refractivity contribution in [3.05, 3.63) is 22.6 Å². The molecule has 0 bridgehead atoms. The highest BCUT2D eigenvalue weighted by Crippen LogP contribution is 2.26. The molecule has 17 heavy (non-hydrogen) atoms. The molecule has 0 radical (unpaired) electrons. The first-order valence-corrected chi connectivity index (χ1v) is 6.72. The molecule has 0 aliphatic carbocycles. The normalized spacial score (nSPS) is 15.9. The van der Waals surface area contributed by atoms with E-state index in [4.69, 9.17) is 4.42 Å². The summed E-state index contributed by atoms with van der Waals surface area (Å²) < 4.78 is 6.37. The lowest BCUT2D eigenvalue weighted by atomic mass is 9.88. The summed E-state index contributed by atoms with van der Waals surface area (Å²) in [5.74, 6) is 0.873. The van der Waals surface area contributed by atoms with Gasteiger partial charge in [0.05, 0.1) is 23.4 Å². The number of hydrogen-bond donors (Lipinski definition) is 2. The van der Waals surface area contributed by atoms with Crippen molar-refractivity contribution in [2.24, 2.45) is 5.41 Å². The van der Waals surface area contributed by atoms with Crippen LogP contribution in [0.4, 0.5) is 0 Å². The fourth-order valence-corrected chi connectivity index (χ4v) is 2.50. The Bertz CT molecular complexity index is 343. The first-order chi connectivity index (χ1) is 7.83. The Hall–Kier alpha value is -0.320. The van der Waals surface area contributed by atoms with Crippen LogP contribution in [0.25, 0.3) is 0 Å². The maximum Gasteiger partial charge on any atom is 0.134 e. The summed E-state index contributed by atoms with van der Waals surface area (Å²) in [4.78, 5) is 0. The Labute approximate surface area is 112 Å². The van der Waals surface area contributed by atoms with E-state index in [0.29, 0.717) is 0 Å². The van der Waals surface area contributed by atoms with Gasteiger partial charge in [-0.2, -0.15) is 0 Å². The van der Waals surface area contributed by atoms with Gasteiger partial charge >= 0.3 is 0 Å². The minimum Gasteiger partial charge on any atom is -0.466 e. The smallest absolute Gasteiger partial charge is 0.134 e. The summed E-state index contributed by atoms with van der Waals surface area (Å²) in [5.41, 5.74) is 0.195. The van der Waals surface area contributed by atoms with Crippen molar-refractivity contribution in [3.63, 3.8) is 0 Å². The summed E-state index contributed by atoms with van der Waals surface area (Å²) >= 11 is 3.44. The molecule has 4 heteroatoms. The SMILES string of the molecule is CC(NC(CO)CC(C)(C)C)c1occc1Br. The van der Waals surface area contributed by atoms with E-state index in [9.17, 15) is 5.11 Å². The molecule has 0 aliphatic rings. The zero-order chi connectivity index (χ0) is 13.1. The molecule has 1 rings (SSSR count). The van der Waals surface area contributed by atoms with Crippen LogP contribution in [0.2, 0.25) is 0 Å². The molecule has 2 N–H and O–H groups in total. The van der Waals surface area contributed by atoms with Gasteiger partial charge in [0.2, 0.25) is 0 Å². The molecule has 1 aromatic rings. The predicted octanol–water partition coefficient (Wildman–Crippen LogP) is 3.49. The molecule has 1 heterocycles. The predicted molar refractivity (Wildman–Crippen MR) is 72.9 cm³/mol. The van der Waals surface area contributed by atoms with Gasteiger partial charge in [0, 0.05) is 6.04 Å². The van der Waals surface area contributed by atoms with Crippen molar-refractivity contribution >= 4 is 15.9 Å². The van der Waals surface area contributed by atoms with E-state index >= 15 is 0 Å². The van der Waals surface area contributed by atoms with E-state index in [0.717, 1.165) is 16.7 Å². The molecule has 0 amide bonds. The van der Waals surface area contributed by atoms with E-state index in [-0.39, 0.29) is 24.1 Å². The number of halogens is 1. The summed E-state index contributed by atoms with van der Waals surface area (Å²) in [6, 6.07) is 2.05. The topological polar surface area (TPSA) is 45.4 Å². The van der Waals surface area contributed by atoms with Crippen LogP contribution in [0.5, 0.6) is 0 Å². The van der Waals surface area contributed by atoms with Crippen LogP contribution in [0, 0.1) is 5.41 Å². The van der Waals surface area contributed by atoms with Crippen molar-refractivity contribution in [1.82, 2.24) is 5.32 Å². The number of aliphatic hydroxyl groups excluding tert-OH is 1. The molecule has 3 nitrogen and oxygen atoms in total. The molecule has 0 aromatic carbocycles. The molecule has 0 fully saturated rings. The van der Waals surface area contributed by atoms with Crippen molar-refractivity contribution in [1.29, 1.82) is 0 Å². The van der Waals surface area contributed by atoms with Gasteiger partial charge in [-0.1, -0.05) is 20.8 Å². The van der Waals surface area contributed by atoms with E-state index in [1.165, 1.54) is 0 Å². The lowest BCUT2D eigenvalue weighted by Gasteiger charge is -2.27. The van der Waals surface area contributed by atoms with Crippen LogP contribution >= 0.6 is 15.9 Å². The van der Waals surface area contributed by atoms with Crippen LogP contribution < -0.4 is 5.32 Å². The van der Waals surface area contributed by atoms with Gasteiger partial charge in [-0.15, -0.1) is 0 Å². The Balaban J connectivity index is 2.60. The first-order valence-electron chi connectivity index (χ1n) is 5.93. The number of furan rings is 1. The second kappa shape index (κ2) is 6.03. The Kier molecular flexibility index (Phi) is 5.22. The number of hydrogen-bond acceptors (Lipinski definition) is 3. The minimum absolute atomic E-state index is 0.0823. The third-order valence-corrected chi connectivity index (χ3v) is 3.26. The molecule has 2 unspecified atom stereocenters. The van der Waals surface area contributed by atoms with E-state index < -0.39 is 0 Å². The van der Waals surface area contributed by atoms with Crippen LogP contribution in [-0.4, -0.2) is 17.8 Å². The quantitative estimate of drug-likeness (QED) is 0.875.